The number of nitrogens with two attached hydrogens (primary N) is 1. The number of phenols is 2. The van der Waals surface area contributed by atoms with Crippen molar-refractivity contribution >= 4 is 57.1 Å². The number of fused-ring (bicyclic) bond motifs is 5. The van der Waals surface area contributed by atoms with Gasteiger partial charge in [-0.2, -0.15) is 0 Å². The number of aromatic hydroxyl groups is 2. The number of aliphatic carboxylic acids is 1. The summed E-state index contributed by atoms with van der Waals surface area (Å²) in [5.74, 6) is -4.57. The topological polar surface area (TPSA) is 211 Å². The molecule has 4 aromatic carbocycles. The average molecular weight is 835 g/mol. The number of nitrogens with one attached hydrogen (secondary N) is 3. The number of hydrogen-bond acceptors (Lipinski definition) is 8. The number of unbranched alkanes of at least 4 members (excludes halogenated alkanes) is 1. The van der Waals surface area contributed by atoms with Crippen molar-refractivity contribution in [1.82, 2.24) is 20.9 Å². The molecule has 4 aromatic rings. The summed E-state index contributed by atoms with van der Waals surface area (Å²) in [5, 5.41) is 40.6. The van der Waals surface area contributed by atoms with E-state index >= 15 is 0 Å². The first-order valence-electron chi connectivity index (χ1n) is 17.5. The maximum Gasteiger partial charge on any atom is 0.326 e. The molecule has 0 aromatic heterocycles. The molecule has 0 saturated carbocycles. The van der Waals surface area contributed by atoms with E-state index in [9.17, 15) is 39.3 Å². The minimum absolute atomic E-state index is 0.0910. The van der Waals surface area contributed by atoms with Gasteiger partial charge in [0.25, 0.3) is 5.91 Å². The van der Waals surface area contributed by atoms with E-state index in [2.05, 4.69) is 31.9 Å². The van der Waals surface area contributed by atoms with Crippen molar-refractivity contribution < 1.29 is 39.3 Å². The largest absolute Gasteiger partial charge is 0.507 e. The highest BCUT2D eigenvalue weighted by molar-refractivity contribution is 9.10. The number of aryl methyl sites for hydroxylation is 1. The molecule has 8 N–H and O–H groups in total. The molecular formula is C40H41BrClN5O8. The minimum Gasteiger partial charge on any atom is -0.507 e. The number of rotatable bonds is 10. The summed E-state index contributed by atoms with van der Waals surface area (Å²) in [6, 6.07) is 16.1. The fourth-order valence-corrected chi connectivity index (χ4v) is 7.08. The van der Waals surface area contributed by atoms with Gasteiger partial charge in [-0.25, -0.2) is 4.79 Å². The van der Waals surface area contributed by atoms with Crippen LogP contribution in [0.1, 0.15) is 52.4 Å². The van der Waals surface area contributed by atoms with Crippen LogP contribution in [0.3, 0.4) is 0 Å². The lowest BCUT2D eigenvalue weighted by atomic mass is 9.92. The van der Waals surface area contributed by atoms with Crippen LogP contribution in [-0.2, 0) is 25.6 Å². The van der Waals surface area contributed by atoms with Gasteiger partial charge in [-0.15, -0.1) is 0 Å². The van der Waals surface area contributed by atoms with Crippen molar-refractivity contribution in [2.45, 2.75) is 50.7 Å². The Morgan fingerprint density at radius 3 is 2.24 bits per heavy atom. The number of carboxylic acid groups (broad SMARTS) is 1. The van der Waals surface area contributed by atoms with Gasteiger partial charge in [0.2, 0.25) is 17.7 Å². The summed E-state index contributed by atoms with van der Waals surface area (Å²) in [6.07, 6.45) is 1.06. The molecule has 0 radical (unpaired) electrons. The lowest BCUT2D eigenvalue weighted by Gasteiger charge is -2.32. The lowest BCUT2D eigenvalue weighted by Crippen LogP contribution is -2.52. The summed E-state index contributed by atoms with van der Waals surface area (Å²) in [4.78, 5) is 68.3. The van der Waals surface area contributed by atoms with Crippen LogP contribution in [0.5, 0.6) is 11.5 Å². The maximum absolute atomic E-state index is 14.4. The summed E-state index contributed by atoms with van der Waals surface area (Å²) in [7, 11) is 1.38. The molecule has 0 saturated heterocycles. The number of nitrogens with zero attached hydrogens (tertiary/aromatic N) is 1. The van der Waals surface area contributed by atoms with E-state index in [-0.39, 0.29) is 45.5 Å². The van der Waals surface area contributed by atoms with Gasteiger partial charge in [-0.3, -0.25) is 19.2 Å². The second-order valence-corrected chi connectivity index (χ2v) is 14.6. The van der Waals surface area contributed by atoms with E-state index in [1.165, 1.54) is 25.2 Å². The van der Waals surface area contributed by atoms with E-state index < -0.39 is 54.3 Å². The van der Waals surface area contributed by atoms with Gasteiger partial charge >= 0.3 is 5.97 Å². The number of benzene rings is 4. The monoisotopic (exact) mass is 833 g/mol. The van der Waals surface area contributed by atoms with Crippen LogP contribution in [0.25, 0.3) is 22.3 Å². The molecule has 1 aliphatic heterocycles. The summed E-state index contributed by atoms with van der Waals surface area (Å²) in [6.45, 7) is 1.34. The third kappa shape index (κ3) is 9.63. The number of carboxylic acids is 1. The number of phenolic OH excluding ortho intramolecular Hbond substituents is 2. The molecule has 0 aliphatic carbocycles. The fourth-order valence-electron chi connectivity index (χ4n) is 6.48. The van der Waals surface area contributed by atoms with Crippen LogP contribution in [0.4, 0.5) is 0 Å². The van der Waals surface area contributed by atoms with Crippen LogP contribution in [0, 0.1) is 6.92 Å². The molecule has 55 heavy (non-hydrogen) atoms. The first-order valence-corrected chi connectivity index (χ1v) is 18.6. The van der Waals surface area contributed by atoms with Crippen molar-refractivity contribution in [2.24, 2.45) is 5.73 Å². The second kappa shape index (κ2) is 17.8. The maximum atomic E-state index is 14.4. The number of halogens is 2. The Morgan fingerprint density at radius 2 is 1.60 bits per heavy atom. The Bertz CT molecular complexity index is 2110. The summed E-state index contributed by atoms with van der Waals surface area (Å²) in [5.41, 5.74) is 9.02. The van der Waals surface area contributed by atoms with Crippen molar-refractivity contribution in [3.8, 4) is 33.8 Å². The van der Waals surface area contributed by atoms with Crippen molar-refractivity contribution in [2.75, 3.05) is 20.1 Å². The number of hydrogen-bond donors (Lipinski definition) is 7. The molecule has 1 heterocycles. The van der Waals surface area contributed by atoms with Crippen LogP contribution in [-0.4, -0.2) is 82.0 Å². The Morgan fingerprint density at radius 1 is 0.964 bits per heavy atom. The number of carbonyl (C=O) groups is 5. The predicted molar refractivity (Wildman–Crippen MR) is 210 cm³/mol. The Kier molecular flexibility index (Phi) is 13.2. The van der Waals surface area contributed by atoms with Crippen LogP contribution in [0.2, 0.25) is 5.02 Å². The van der Waals surface area contributed by atoms with Crippen LogP contribution >= 0.6 is 27.5 Å². The quantitative estimate of drug-likeness (QED) is 0.109. The zero-order valence-corrected chi connectivity index (χ0v) is 32.4. The van der Waals surface area contributed by atoms with E-state index in [4.69, 9.17) is 17.3 Å². The molecule has 3 atom stereocenters. The van der Waals surface area contributed by atoms with Gasteiger partial charge in [-0.1, -0.05) is 41.9 Å². The number of likely N-dealkylation sites (N-methyl/N-ethyl adjacent to an activating group) is 1. The molecule has 0 spiro atoms. The summed E-state index contributed by atoms with van der Waals surface area (Å²) < 4.78 is 0.129. The third-order valence-corrected chi connectivity index (χ3v) is 10.3. The lowest BCUT2D eigenvalue weighted by molar-refractivity contribution is -0.142. The molecule has 0 fully saturated rings. The highest BCUT2D eigenvalue weighted by Gasteiger charge is 2.35. The zero-order chi connectivity index (χ0) is 40.0. The first kappa shape index (κ1) is 40.7. The smallest absolute Gasteiger partial charge is 0.326 e. The molecule has 0 unspecified atom stereocenters. The van der Waals surface area contributed by atoms with E-state index in [0.29, 0.717) is 41.1 Å². The molecule has 1 aliphatic rings. The number of amides is 4. The molecule has 288 valence electrons. The molecule has 13 nitrogen and oxygen atoms in total. The van der Waals surface area contributed by atoms with Gasteiger partial charge in [0, 0.05) is 35.2 Å². The van der Waals surface area contributed by atoms with Gasteiger partial charge in [-0.05, 0) is 119 Å². The van der Waals surface area contributed by atoms with Crippen LogP contribution in [0.15, 0.2) is 77.3 Å². The van der Waals surface area contributed by atoms with Gasteiger partial charge in [0.1, 0.15) is 29.6 Å². The van der Waals surface area contributed by atoms with Gasteiger partial charge < -0.3 is 41.9 Å². The minimum atomic E-state index is -1.44. The van der Waals surface area contributed by atoms with Gasteiger partial charge in [0.15, 0.2) is 0 Å². The van der Waals surface area contributed by atoms with E-state index in [0.717, 1.165) is 16.0 Å². The van der Waals surface area contributed by atoms with Gasteiger partial charge in [0.05, 0.1) is 11.0 Å². The SMILES string of the molecule is Cc1cc2cc(c1O)-c1cc(cc(Br)c1O)[C@H](N(C)C(=O)[C@H](CCCCN)NC(=O)c1ccc(-c3ccc(Cl)cc3)cc1)C(=O)NCC(=O)N[C@H](C(=O)O)C2. The Labute approximate surface area is 331 Å². The number of carbonyl (C=O) groups excluding carboxylic acids is 4. The molecule has 4 bridgehead atoms. The van der Waals surface area contributed by atoms with Crippen molar-refractivity contribution in [3.63, 3.8) is 0 Å². The predicted octanol–water partition coefficient (Wildman–Crippen LogP) is 4.82. The average Bonchev–Trinajstić information content (AvgIpc) is 3.15. The van der Waals surface area contributed by atoms with E-state index in [1.54, 1.807) is 49.4 Å². The van der Waals surface area contributed by atoms with Crippen molar-refractivity contribution in [1.29, 1.82) is 0 Å². The Hall–Kier alpha value is -5.44. The summed E-state index contributed by atoms with van der Waals surface area (Å²) >= 11 is 9.37. The van der Waals surface area contributed by atoms with E-state index in [1.807, 2.05) is 12.1 Å². The highest BCUT2D eigenvalue weighted by Crippen LogP contribution is 2.44. The fraction of sp³-hybridized carbons (Fsp3) is 0.275. The van der Waals surface area contributed by atoms with Crippen molar-refractivity contribution in [3.05, 3.63) is 105 Å². The van der Waals surface area contributed by atoms with Crippen LogP contribution < -0.4 is 21.7 Å². The standard InChI is InChI=1S/C40H41BrClN5O8/c1-21-15-22-16-28(35(21)49)29-18-26(19-30(41)36(29)50)34(38(52)44-20-33(48)45-32(17-22)40(54)55)47(2)39(53)31(5-3-4-14-43)46-37(51)25-8-6-23(7-9-25)24-10-12-27(42)13-11-24/h6-13,15-16,18-19,31-32,34,49-50H,3-5,14,17,20,43H2,1-2H3,(H,44,52)(H,45,48)(H,46,51)(H,54,55)/t31-,32-,34-/m0/s1. The normalized spacial score (nSPS) is 16.2. The third-order valence-electron chi connectivity index (χ3n) is 9.41. The molecular weight excluding hydrogens is 794 g/mol. The Balaban J connectivity index is 1.52. The second-order valence-electron chi connectivity index (χ2n) is 13.3. The molecule has 4 amide bonds. The first-order chi connectivity index (χ1) is 26.2. The zero-order valence-electron chi connectivity index (χ0n) is 30.1. The molecule has 15 heteroatoms. The highest BCUT2D eigenvalue weighted by atomic mass is 79.9. The molecule has 5 rings (SSSR count).